The van der Waals surface area contributed by atoms with Crippen molar-refractivity contribution in [2.75, 3.05) is 0 Å². The molecule has 110 valence electrons. The van der Waals surface area contributed by atoms with Gasteiger partial charge in [-0.25, -0.2) is 4.39 Å². The molecule has 2 aromatic carbocycles. The molecule has 0 radical (unpaired) electrons. The summed E-state index contributed by atoms with van der Waals surface area (Å²) in [7, 11) is 0. The van der Waals surface area contributed by atoms with Crippen LogP contribution in [0.5, 0.6) is 5.75 Å². The van der Waals surface area contributed by atoms with E-state index in [-0.39, 0.29) is 11.6 Å². The number of hydrogen-bond acceptors (Lipinski definition) is 3. The highest BCUT2D eigenvalue weighted by Gasteiger charge is 2.29. The minimum Gasteiger partial charge on any atom is -0.427 e. The van der Waals surface area contributed by atoms with Crippen LogP contribution in [-0.4, -0.2) is 11.8 Å². The number of Topliss-reactive ketones (excluding diaryl/α,β-unsaturated/α-hetero) is 1. The number of ether oxygens (including phenoxy) is 1. The fourth-order valence-corrected chi connectivity index (χ4v) is 3.06. The lowest BCUT2D eigenvalue weighted by Crippen LogP contribution is -2.03. The third-order valence-electron chi connectivity index (χ3n) is 3.32. The third-order valence-corrected chi connectivity index (χ3v) is 4.07. The maximum Gasteiger partial charge on any atom is 0.308 e. The molecule has 0 amide bonds. The van der Waals surface area contributed by atoms with E-state index < -0.39 is 5.97 Å². The Bertz CT molecular complexity index is 822. The van der Waals surface area contributed by atoms with E-state index in [1.165, 1.54) is 25.1 Å². The summed E-state index contributed by atoms with van der Waals surface area (Å²) in [4.78, 5) is 23.4. The molecule has 1 aliphatic carbocycles. The van der Waals surface area contributed by atoms with Crippen LogP contribution in [0.25, 0.3) is 5.57 Å². The zero-order chi connectivity index (χ0) is 15.9. The number of esters is 1. The van der Waals surface area contributed by atoms with Gasteiger partial charge in [0, 0.05) is 18.1 Å². The maximum absolute atomic E-state index is 13.1. The number of rotatable bonds is 2. The topological polar surface area (TPSA) is 43.4 Å². The molecule has 0 spiro atoms. The average Bonchev–Trinajstić information content (AvgIpc) is 2.72. The molecular weight excluding hydrogens is 351 g/mol. The van der Waals surface area contributed by atoms with Crippen LogP contribution in [0.1, 0.15) is 28.4 Å². The van der Waals surface area contributed by atoms with Gasteiger partial charge >= 0.3 is 5.97 Å². The Balaban J connectivity index is 2.10. The van der Waals surface area contributed by atoms with Crippen molar-refractivity contribution in [3.8, 4) is 5.75 Å². The van der Waals surface area contributed by atoms with E-state index in [0.717, 1.165) is 11.1 Å². The van der Waals surface area contributed by atoms with E-state index in [0.29, 0.717) is 21.4 Å². The number of carbonyl (C=O) groups is 2. The summed E-state index contributed by atoms with van der Waals surface area (Å²) in [6.07, 6.45) is 0. The van der Waals surface area contributed by atoms with E-state index in [2.05, 4.69) is 15.9 Å². The monoisotopic (exact) mass is 360 g/mol. The Kier molecular flexibility index (Phi) is 3.66. The van der Waals surface area contributed by atoms with E-state index in [9.17, 15) is 14.0 Å². The molecule has 0 heterocycles. The van der Waals surface area contributed by atoms with E-state index >= 15 is 0 Å². The van der Waals surface area contributed by atoms with Gasteiger partial charge < -0.3 is 4.74 Å². The summed E-state index contributed by atoms with van der Waals surface area (Å²) in [6.45, 7) is 1.30. The van der Waals surface area contributed by atoms with E-state index in [4.69, 9.17) is 4.74 Å². The molecule has 0 N–H and O–H groups in total. The quantitative estimate of drug-likeness (QED) is 0.598. The number of fused-ring (bicyclic) bond motifs is 1. The van der Waals surface area contributed by atoms with Crippen LogP contribution < -0.4 is 4.74 Å². The van der Waals surface area contributed by atoms with Crippen molar-refractivity contribution in [3.05, 3.63) is 69.5 Å². The summed E-state index contributed by atoms with van der Waals surface area (Å²) in [5, 5.41) is 0. The standard InChI is InChI=1S/C17H10BrFO3/c1-9(20)22-12-6-7-13-14(8-12)17(21)16(18)15(13)10-2-4-11(19)5-3-10/h2-8H,1H3. The molecule has 2 aromatic rings. The summed E-state index contributed by atoms with van der Waals surface area (Å²) >= 11 is 3.31. The van der Waals surface area contributed by atoms with Crippen molar-refractivity contribution >= 4 is 33.3 Å². The van der Waals surface area contributed by atoms with Crippen molar-refractivity contribution in [2.24, 2.45) is 0 Å². The van der Waals surface area contributed by atoms with Crippen LogP contribution in [0.3, 0.4) is 0 Å². The first kappa shape index (κ1) is 14.7. The molecule has 0 unspecified atom stereocenters. The molecule has 3 nitrogen and oxygen atoms in total. The minimum absolute atomic E-state index is 0.191. The molecule has 0 saturated heterocycles. The van der Waals surface area contributed by atoms with Crippen LogP contribution in [0.2, 0.25) is 0 Å². The van der Waals surface area contributed by atoms with Crippen molar-refractivity contribution in [3.63, 3.8) is 0 Å². The first-order chi connectivity index (χ1) is 10.5. The second-order valence-electron chi connectivity index (χ2n) is 4.83. The van der Waals surface area contributed by atoms with Crippen LogP contribution in [-0.2, 0) is 4.79 Å². The highest BCUT2D eigenvalue weighted by atomic mass is 79.9. The first-order valence-electron chi connectivity index (χ1n) is 6.50. The molecule has 22 heavy (non-hydrogen) atoms. The Hall–Kier alpha value is -2.27. The molecule has 5 heteroatoms. The Morgan fingerprint density at radius 2 is 1.77 bits per heavy atom. The van der Waals surface area contributed by atoms with Crippen molar-refractivity contribution in [1.29, 1.82) is 0 Å². The molecule has 3 rings (SSSR count). The number of halogens is 2. The largest absolute Gasteiger partial charge is 0.427 e. The second-order valence-corrected chi connectivity index (χ2v) is 5.62. The average molecular weight is 361 g/mol. The normalized spacial score (nSPS) is 13.3. The fourth-order valence-electron chi connectivity index (χ4n) is 2.41. The molecule has 0 atom stereocenters. The molecule has 1 aliphatic rings. The van der Waals surface area contributed by atoms with Crippen LogP contribution in [0, 0.1) is 5.82 Å². The SMILES string of the molecule is CC(=O)Oc1ccc2c(c1)C(=O)C(Br)=C2c1ccc(F)cc1. The maximum atomic E-state index is 13.1. The second kappa shape index (κ2) is 5.50. The van der Waals surface area contributed by atoms with Gasteiger partial charge in [-0.1, -0.05) is 12.1 Å². The van der Waals surface area contributed by atoms with Gasteiger partial charge in [-0.15, -0.1) is 0 Å². The lowest BCUT2D eigenvalue weighted by atomic mass is 9.99. The number of allylic oxidation sites excluding steroid dienone is 1. The van der Waals surface area contributed by atoms with E-state index in [1.807, 2.05) is 0 Å². The van der Waals surface area contributed by atoms with Crippen LogP contribution in [0.4, 0.5) is 4.39 Å². The van der Waals surface area contributed by atoms with Crippen molar-refractivity contribution < 1.29 is 18.7 Å². The van der Waals surface area contributed by atoms with E-state index in [1.54, 1.807) is 24.3 Å². The summed E-state index contributed by atoms with van der Waals surface area (Å²) in [6, 6.07) is 10.8. The van der Waals surface area contributed by atoms with Gasteiger partial charge in [-0.2, -0.15) is 0 Å². The predicted octanol–water partition coefficient (Wildman–Crippen LogP) is 4.10. The van der Waals surface area contributed by atoms with Gasteiger partial charge in [0.1, 0.15) is 11.6 Å². The summed E-state index contributed by atoms with van der Waals surface area (Å²) in [5.41, 5.74) is 2.61. The van der Waals surface area contributed by atoms with Crippen LogP contribution >= 0.6 is 15.9 Å². The minimum atomic E-state index is -0.448. The van der Waals surface area contributed by atoms with Gasteiger partial charge in [-0.3, -0.25) is 9.59 Å². The Labute approximate surface area is 134 Å². The molecule has 0 aliphatic heterocycles. The van der Waals surface area contributed by atoms with Crippen LogP contribution in [0.15, 0.2) is 46.9 Å². The van der Waals surface area contributed by atoms with Crippen molar-refractivity contribution in [2.45, 2.75) is 6.92 Å². The number of benzene rings is 2. The Morgan fingerprint density at radius 3 is 2.41 bits per heavy atom. The lowest BCUT2D eigenvalue weighted by Gasteiger charge is -2.07. The number of carbonyl (C=O) groups excluding carboxylic acids is 2. The summed E-state index contributed by atoms with van der Waals surface area (Å²) in [5.74, 6) is -0.657. The Morgan fingerprint density at radius 1 is 1.09 bits per heavy atom. The van der Waals surface area contributed by atoms with Gasteiger partial charge in [0.05, 0.1) is 4.48 Å². The van der Waals surface area contributed by atoms with Gasteiger partial charge in [0.15, 0.2) is 0 Å². The van der Waals surface area contributed by atoms with Gasteiger partial charge in [0.25, 0.3) is 0 Å². The van der Waals surface area contributed by atoms with Crippen molar-refractivity contribution in [1.82, 2.24) is 0 Å². The highest BCUT2D eigenvalue weighted by Crippen LogP contribution is 2.41. The third kappa shape index (κ3) is 2.48. The van der Waals surface area contributed by atoms with Gasteiger partial charge in [0.2, 0.25) is 5.78 Å². The number of hydrogen-bond donors (Lipinski definition) is 0. The first-order valence-corrected chi connectivity index (χ1v) is 7.30. The zero-order valence-corrected chi connectivity index (χ0v) is 13.1. The smallest absolute Gasteiger partial charge is 0.308 e. The molecule has 0 bridgehead atoms. The highest BCUT2D eigenvalue weighted by molar-refractivity contribution is 9.12. The zero-order valence-electron chi connectivity index (χ0n) is 11.5. The molecule has 0 saturated carbocycles. The fraction of sp³-hybridized carbons (Fsp3) is 0.0588. The predicted molar refractivity (Wildman–Crippen MR) is 83.4 cm³/mol. The molecule has 0 aromatic heterocycles. The number of ketones is 1. The van der Waals surface area contributed by atoms with Gasteiger partial charge in [-0.05, 0) is 57.4 Å². The lowest BCUT2D eigenvalue weighted by molar-refractivity contribution is -0.131. The molecular formula is C17H10BrFO3. The summed E-state index contributed by atoms with van der Waals surface area (Å²) < 4.78 is 18.5. The molecule has 0 fully saturated rings.